The number of fused-ring (bicyclic) bond motifs is 8. The number of nitrogens with zero attached hydrogens (tertiary/aromatic N) is 1. The zero-order chi connectivity index (χ0) is 33.5. The van der Waals surface area contributed by atoms with Crippen molar-refractivity contribution in [2.45, 2.75) is 76.5 Å². The van der Waals surface area contributed by atoms with Crippen LogP contribution in [0.1, 0.15) is 88.1 Å². The van der Waals surface area contributed by atoms with E-state index < -0.39 is 0 Å². The maximum Gasteiger partial charge on any atom is 0.0467 e. The molecule has 0 heterocycles. The molecule has 0 radical (unpaired) electrons. The van der Waals surface area contributed by atoms with Crippen molar-refractivity contribution in [3.63, 3.8) is 0 Å². The van der Waals surface area contributed by atoms with Crippen molar-refractivity contribution >= 4 is 17.1 Å². The van der Waals surface area contributed by atoms with Crippen LogP contribution in [0.15, 0.2) is 133 Å². The number of anilines is 3. The largest absolute Gasteiger partial charge is 0.310 e. The van der Waals surface area contributed by atoms with Crippen molar-refractivity contribution in [2.75, 3.05) is 4.90 Å². The Morgan fingerprint density at radius 2 is 1.06 bits per heavy atom. The summed E-state index contributed by atoms with van der Waals surface area (Å²) in [7, 11) is 0. The summed E-state index contributed by atoms with van der Waals surface area (Å²) in [5.41, 5.74) is 19.1. The van der Waals surface area contributed by atoms with E-state index in [1.807, 2.05) is 0 Å². The monoisotopic (exact) mass is 635 g/mol. The first-order chi connectivity index (χ1) is 23.7. The predicted octanol–water partition coefficient (Wildman–Crippen LogP) is 13.3. The van der Waals surface area contributed by atoms with Gasteiger partial charge in [-0.1, -0.05) is 145 Å². The lowest BCUT2D eigenvalue weighted by Gasteiger charge is -2.31. The highest BCUT2D eigenvalue weighted by atomic mass is 15.1. The number of rotatable bonds is 4. The van der Waals surface area contributed by atoms with Crippen molar-refractivity contribution < 1.29 is 0 Å². The quantitative estimate of drug-likeness (QED) is 0.186. The minimum absolute atomic E-state index is 0.0778. The molecular formula is C48H45N. The summed E-state index contributed by atoms with van der Waals surface area (Å²) in [6, 6.07) is 50.8. The van der Waals surface area contributed by atoms with Gasteiger partial charge in [0, 0.05) is 27.9 Å². The van der Waals surface area contributed by atoms with E-state index in [9.17, 15) is 0 Å². The van der Waals surface area contributed by atoms with Crippen LogP contribution in [0.4, 0.5) is 17.1 Å². The highest BCUT2D eigenvalue weighted by Crippen LogP contribution is 2.58. The maximum absolute atomic E-state index is 2.53. The predicted molar refractivity (Wildman–Crippen MR) is 208 cm³/mol. The van der Waals surface area contributed by atoms with Gasteiger partial charge >= 0.3 is 0 Å². The van der Waals surface area contributed by atoms with Crippen LogP contribution in [0.25, 0.3) is 33.4 Å². The second-order valence-corrected chi connectivity index (χ2v) is 16.1. The Labute approximate surface area is 292 Å². The summed E-state index contributed by atoms with van der Waals surface area (Å²) in [4.78, 5) is 2.49. The molecule has 49 heavy (non-hydrogen) atoms. The minimum Gasteiger partial charge on any atom is -0.310 e. The smallest absolute Gasteiger partial charge is 0.0467 e. The summed E-state index contributed by atoms with van der Waals surface area (Å²) in [5.74, 6) is 0. The van der Waals surface area contributed by atoms with Gasteiger partial charge in [-0.05, 0) is 116 Å². The third kappa shape index (κ3) is 4.51. The molecule has 0 aliphatic heterocycles. The topological polar surface area (TPSA) is 3.24 Å². The summed E-state index contributed by atoms with van der Waals surface area (Å²) in [6.07, 6.45) is 5.04. The Hall–Kier alpha value is -4.88. The lowest BCUT2D eigenvalue weighted by Crippen LogP contribution is -2.21. The maximum atomic E-state index is 2.53. The van der Waals surface area contributed by atoms with E-state index >= 15 is 0 Å². The zero-order valence-electron chi connectivity index (χ0n) is 29.5. The molecular weight excluding hydrogens is 591 g/mol. The Balaban J connectivity index is 1.22. The average molecular weight is 636 g/mol. The molecule has 1 nitrogen and oxygen atoms in total. The molecule has 0 amide bonds. The van der Waals surface area contributed by atoms with Gasteiger partial charge in [-0.3, -0.25) is 0 Å². The van der Waals surface area contributed by atoms with Gasteiger partial charge in [0.15, 0.2) is 0 Å². The van der Waals surface area contributed by atoms with E-state index in [-0.39, 0.29) is 16.2 Å². The molecule has 0 atom stereocenters. The molecule has 1 fully saturated rings. The summed E-state index contributed by atoms with van der Waals surface area (Å²) >= 11 is 0. The molecule has 242 valence electrons. The molecule has 9 rings (SSSR count). The van der Waals surface area contributed by atoms with Crippen LogP contribution in [-0.4, -0.2) is 0 Å². The molecule has 1 heteroatoms. The van der Waals surface area contributed by atoms with Crippen LogP contribution in [0, 0.1) is 0 Å². The molecule has 0 bridgehead atoms. The molecule has 0 saturated heterocycles. The Morgan fingerprint density at radius 3 is 1.80 bits per heavy atom. The van der Waals surface area contributed by atoms with Crippen LogP contribution in [0.3, 0.4) is 0 Å². The average Bonchev–Trinajstić information content (AvgIpc) is 3.78. The van der Waals surface area contributed by atoms with E-state index in [0.29, 0.717) is 0 Å². The molecule has 0 N–H and O–H groups in total. The first-order valence-corrected chi connectivity index (χ1v) is 18.2. The van der Waals surface area contributed by atoms with Crippen LogP contribution < -0.4 is 4.90 Å². The number of hydrogen-bond acceptors (Lipinski definition) is 1. The zero-order valence-corrected chi connectivity index (χ0v) is 29.5. The van der Waals surface area contributed by atoms with Crippen molar-refractivity contribution in [3.8, 4) is 33.4 Å². The van der Waals surface area contributed by atoms with E-state index in [1.165, 1.54) is 104 Å². The summed E-state index contributed by atoms with van der Waals surface area (Å²) in [6.45, 7) is 11.6. The molecule has 0 unspecified atom stereocenters. The van der Waals surface area contributed by atoms with E-state index in [2.05, 4.69) is 173 Å². The lowest BCUT2D eigenvalue weighted by atomic mass is 9.76. The van der Waals surface area contributed by atoms with Crippen molar-refractivity contribution in [2.24, 2.45) is 0 Å². The Morgan fingerprint density at radius 1 is 0.490 bits per heavy atom. The fourth-order valence-electron chi connectivity index (χ4n) is 9.56. The summed E-state index contributed by atoms with van der Waals surface area (Å²) in [5, 5.41) is 0. The third-order valence-electron chi connectivity index (χ3n) is 12.0. The van der Waals surface area contributed by atoms with Crippen LogP contribution in [-0.2, 0) is 16.2 Å². The normalized spacial score (nSPS) is 16.3. The minimum atomic E-state index is -0.0778. The van der Waals surface area contributed by atoms with Gasteiger partial charge in [-0.2, -0.15) is 0 Å². The fraction of sp³-hybridized carbons (Fsp3) is 0.250. The van der Waals surface area contributed by atoms with Gasteiger partial charge in [-0.25, -0.2) is 0 Å². The fourth-order valence-corrected chi connectivity index (χ4v) is 9.56. The van der Waals surface area contributed by atoms with Crippen molar-refractivity contribution in [3.05, 3.63) is 161 Å². The molecule has 6 aromatic rings. The second kappa shape index (κ2) is 10.8. The molecule has 3 aliphatic carbocycles. The lowest BCUT2D eigenvalue weighted by molar-refractivity contribution is 0.550. The van der Waals surface area contributed by atoms with Gasteiger partial charge in [-0.15, -0.1) is 0 Å². The standard InChI is InChI=1S/C48H45N/c1-46(2,3)33-22-24-34(25-23-33)49(36-26-27-40-38-16-7-9-21-43(38)48(44(40)31-36)28-10-11-29-48)35-15-12-14-32(30-35)37-18-13-19-41-39-17-6-8-20-42(39)47(4,5)45(37)41/h6-9,12-27,30-31H,10-11,28-29H2,1-5H3. The van der Waals surface area contributed by atoms with E-state index in [0.717, 1.165) is 0 Å². The Kier molecular flexibility index (Phi) is 6.66. The van der Waals surface area contributed by atoms with Gasteiger partial charge in [0.2, 0.25) is 0 Å². The van der Waals surface area contributed by atoms with Gasteiger partial charge in [0.1, 0.15) is 0 Å². The number of hydrogen-bond donors (Lipinski definition) is 0. The molecule has 1 saturated carbocycles. The highest BCUT2D eigenvalue weighted by Gasteiger charge is 2.45. The van der Waals surface area contributed by atoms with Crippen LogP contribution in [0.2, 0.25) is 0 Å². The Bertz CT molecular complexity index is 2240. The first-order valence-electron chi connectivity index (χ1n) is 18.2. The van der Waals surface area contributed by atoms with Gasteiger partial charge in [0.25, 0.3) is 0 Å². The third-order valence-corrected chi connectivity index (χ3v) is 12.0. The van der Waals surface area contributed by atoms with Gasteiger partial charge in [0.05, 0.1) is 0 Å². The van der Waals surface area contributed by atoms with E-state index in [1.54, 1.807) is 0 Å². The van der Waals surface area contributed by atoms with Crippen LogP contribution in [0.5, 0.6) is 0 Å². The van der Waals surface area contributed by atoms with Gasteiger partial charge < -0.3 is 4.90 Å². The molecule has 3 aliphatic rings. The highest BCUT2D eigenvalue weighted by molar-refractivity contribution is 5.90. The first kappa shape index (κ1) is 30.2. The summed E-state index contributed by atoms with van der Waals surface area (Å²) < 4.78 is 0. The molecule has 6 aromatic carbocycles. The molecule has 1 spiro atoms. The van der Waals surface area contributed by atoms with Crippen LogP contribution >= 0.6 is 0 Å². The SMILES string of the molecule is CC(C)(C)c1ccc(N(c2cccc(-c3cccc4c3C(C)(C)c3ccccc3-4)c2)c2ccc3c(c2)C2(CCCC2)c2ccccc2-3)cc1. The molecule has 0 aromatic heterocycles. The van der Waals surface area contributed by atoms with Crippen molar-refractivity contribution in [1.82, 2.24) is 0 Å². The van der Waals surface area contributed by atoms with Crippen molar-refractivity contribution in [1.29, 1.82) is 0 Å². The number of benzene rings is 6. The van der Waals surface area contributed by atoms with E-state index in [4.69, 9.17) is 0 Å². The second-order valence-electron chi connectivity index (χ2n) is 16.1.